The summed E-state index contributed by atoms with van der Waals surface area (Å²) >= 11 is 0. The predicted molar refractivity (Wildman–Crippen MR) is 129 cm³/mol. The molecule has 0 spiro atoms. The Balaban J connectivity index is 1.46. The molecule has 2 amide bonds. The van der Waals surface area contributed by atoms with E-state index in [0.29, 0.717) is 6.54 Å². The van der Waals surface area contributed by atoms with E-state index in [2.05, 4.69) is 5.32 Å². The molecule has 0 aliphatic heterocycles. The fourth-order valence-electron chi connectivity index (χ4n) is 3.68. The molecule has 0 saturated carbocycles. The number of carbonyl (C=O) groups is 2. The molecule has 0 radical (unpaired) electrons. The molecule has 0 saturated heterocycles. The lowest BCUT2D eigenvalue weighted by molar-refractivity contribution is -0.121. The Morgan fingerprint density at radius 1 is 0.818 bits per heavy atom. The molecule has 3 aromatic carbocycles. The minimum Gasteiger partial charge on any atom is -0.459 e. The number of hydrogen-bond donors (Lipinski definition) is 1. The van der Waals surface area contributed by atoms with Gasteiger partial charge in [0.25, 0.3) is 5.91 Å². The van der Waals surface area contributed by atoms with Crippen LogP contribution in [0.15, 0.2) is 108 Å². The summed E-state index contributed by atoms with van der Waals surface area (Å²) in [7, 11) is 0. The molecule has 5 nitrogen and oxygen atoms in total. The van der Waals surface area contributed by atoms with Crippen molar-refractivity contribution in [2.75, 3.05) is 4.90 Å². The number of hydrogen-bond acceptors (Lipinski definition) is 3. The topological polar surface area (TPSA) is 62.6 Å². The molecule has 33 heavy (non-hydrogen) atoms. The Morgan fingerprint density at radius 3 is 2.12 bits per heavy atom. The van der Waals surface area contributed by atoms with E-state index in [1.54, 1.807) is 17.0 Å². The number of benzene rings is 3. The number of nitrogens with zero attached hydrogens (tertiary/aromatic N) is 1. The van der Waals surface area contributed by atoms with Crippen LogP contribution in [0.4, 0.5) is 5.69 Å². The Labute approximate surface area is 193 Å². The highest BCUT2D eigenvalue weighted by atomic mass is 16.3. The van der Waals surface area contributed by atoms with E-state index < -0.39 is 0 Å². The van der Waals surface area contributed by atoms with Crippen molar-refractivity contribution >= 4 is 17.5 Å². The molecule has 1 atom stereocenters. The van der Waals surface area contributed by atoms with Crippen molar-refractivity contribution in [3.05, 3.63) is 126 Å². The van der Waals surface area contributed by atoms with E-state index in [9.17, 15) is 9.59 Å². The highest BCUT2D eigenvalue weighted by Gasteiger charge is 2.20. The molecule has 0 unspecified atom stereocenters. The molecule has 166 valence electrons. The van der Waals surface area contributed by atoms with E-state index in [1.807, 2.05) is 91.9 Å². The van der Waals surface area contributed by atoms with Crippen molar-refractivity contribution in [1.29, 1.82) is 0 Å². The lowest BCUT2D eigenvalue weighted by Crippen LogP contribution is -2.30. The maximum absolute atomic E-state index is 13.1. The minimum absolute atomic E-state index is 0.0492. The van der Waals surface area contributed by atoms with Gasteiger partial charge in [-0.3, -0.25) is 9.59 Å². The third-order valence-electron chi connectivity index (χ3n) is 5.45. The summed E-state index contributed by atoms with van der Waals surface area (Å²) in [5.41, 5.74) is 3.69. The Kier molecular flexibility index (Phi) is 7.00. The van der Waals surface area contributed by atoms with Gasteiger partial charge in [0.2, 0.25) is 5.91 Å². The third kappa shape index (κ3) is 5.77. The first-order valence-electron chi connectivity index (χ1n) is 10.9. The number of furan rings is 1. The van der Waals surface area contributed by atoms with Crippen LogP contribution in [0.3, 0.4) is 0 Å². The van der Waals surface area contributed by atoms with Gasteiger partial charge in [0.05, 0.1) is 25.3 Å². The summed E-state index contributed by atoms with van der Waals surface area (Å²) in [4.78, 5) is 27.3. The summed E-state index contributed by atoms with van der Waals surface area (Å²) in [5, 5.41) is 3.04. The van der Waals surface area contributed by atoms with Crippen LogP contribution in [0.25, 0.3) is 0 Å². The summed E-state index contributed by atoms with van der Waals surface area (Å²) in [5.74, 6) is 0.0159. The summed E-state index contributed by atoms with van der Waals surface area (Å²) in [6, 6.07) is 30.5. The van der Waals surface area contributed by atoms with Crippen LogP contribution in [-0.4, -0.2) is 11.8 Å². The lowest BCUT2D eigenvalue weighted by Gasteiger charge is -2.22. The van der Waals surface area contributed by atoms with Gasteiger partial charge in [-0.25, -0.2) is 0 Å². The first-order chi connectivity index (χ1) is 16.1. The normalized spacial score (nSPS) is 11.5. The second-order valence-electron chi connectivity index (χ2n) is 7.90. The van der Waals surface area contributed by atoms with Gasteiger partial charge in [-0.1, -0.05) is 72.8 Å². The van der Waals surface area contributed by atoms with Gasteiger partial charge in [0, 0.05) is 5.69 Å². The molecule has 4 rings (SSSR count). The van der Waals surface area contributed by atoms with E-state index in [4.69, 9.17) is 4.42 Å². The second-order valence-corrected chi connectivity index (χ2v) is 7.90. The Hall–Kier alpha value is -4.12. The van der Waals surface area contributed by atoms with E-state index in [1.165, 1.54) is 6.26 Å². The number of amides is 2. The van der Waals surface area contributed by atoms with Crippen LogP contribution in [0.1, 0.15) is 40.2 Å². The zero-order chi connectivity index (χ0) is 23.0. The molecule has 1 heterocycles. The SMILES string of the molecule is C[C@@H](NC(=O)Cc1ccc(N(Cc2ccccc2)C(=O)c2ccco2)cc1)c1ccccc1. The van der Waals surface area contributed by atoms with Crippen LogP contribution >= 0.6 is 0 Å². The smallest absolute Gasteiger partial charge is 0.294 e. The van der Waals surface area contributed by atoms with Crippen molar-refractivity contribution in [3.63, 3.8) is 0 Å². The van der Waals surface area contributed by atoms with Crippen molar-refractivity contribution in [1.82, 2.24) is 5.32 Å². The number of carbonyl (C=O) groups excluding carboxylic acids is 2. The predicted octanol–water partition coefficient (Wildman–Crippen LogP) is 5.55. The first-order valence-corrected chi connectivity index (χ1v) is 10.9. The van der Waals surface area contributed by atoms with Gasteiger partial charge in [-0.15, -0.1) is 0 Å². The fraction of sp³-hybridized carbons (Fsp3) is 0.143. The molecule has 4 aromatic rings. The van der Waals surface area contributed by atoms with Crippen molar-refractivity contribution in [2.24, 2.45) is 0 Å². The van der Waals surface area contributed by atoms with Gasteiger partial charge < -0.3 is 14.6 Å². The molecule has 0 bridgehead atoms. The maximum Gasteiger partial charge on any atom is 0.294 e. The van der Waals surface area contributed by atoms with E-state index in [0.717, 1.165) is 22.4 Å². The molecule has 0 aliphatic carbocycles. The summed E-state index contributed by atoms with van der Waals surface area (Å²) in [6.07, 6.45) is 1.76. The van der Waals surface area contributed by atoms with Crippen LogP contribution < -0.4 is 10.2 Å². The average Bonchev–Trinajstić information content (AvgIpc) is 3.39. The van der Waals surface area contributed by atoms with Gasteiger partial charge in [-0.2, -0.15) is 0 Å². The quantitative estimate of drug-likeness (QED) is 0.392. The van der Waals surface area contributed by atoms with Crippen molar-refractivity contribution in [2.45, 2.75) is 25.9 Å². The molecule has 0 aliphatic rings. The molecule has 1 N–H and O–H groups in total. The van der Waals surface area contributed by atoms with Crippen LogP contribution in [0.2, 0.25) is 0 Å². The van der Waals surface area contributed by atoms with Crippen LogP contribution in [0.5, 0.6) is 0 Å². The van der Waals surface area contributed by atoms with Gasteiger partial charge in [0.15, 0.2) is 5.76 Å². The fourth-order valence-corrected chi connectivity index (χ4v) is 3.68. The van der Waals surface area contributed by atoms with E-state index in [-0.39, 0.29) is 30.0 Å². The molecular formula is C28H26N2O3. The zero-order valence-corrected chi connectivity index (χ0v) is 18.5. The Bertz CT molecular complexity index is 1170. The van der Waals surface area contributed by atoms with Gasteiger partial charge in [0.1, 0.15) is 0 Å². The highest BCUT2D eigenvalue weighted by Crippen LogP contribution is 2.22. The summed E-state index contributed by atoms with van der Waals surface area (Å²) in [6.45, 7) is 2.38. The maximum atomic E-state index is 13.1. The standard InChI is InChI=1S/C28H26N2O3/c1-21(24-11-6-3-7-12-24)29-27(31)19-22-14-16-25(17-15-22)30(20-23-9-4-2-5-10-23)28(32)26-13-8-18-33-26/h2-18,21H,19-20H2,1H3,(H,29,31)/t21-/m1/s1. The van der Waals surface area contributed by atoms with Crippen LogP contribution in [-0.2, 0) is 17.8 Å². The highest BCUT2D eigenvalue weighted by molar-refractivity contribution is 6.04. The van der Waals surface area contributed by atoms with E-state index >= 15 is 0 Å². The second kappa shape index (κ2) is 10.5. The monoisotopic (exact) mass is 438 g/mol. The largest absolute Gasteiger partial charge is 0.459 e. The summed E-state index contributed by atoms with van der Waals surface area (Å²) < 4.78 is 5.34. The third-order valence-corrected chi connectivity index (χ3v) is 5.45. The minimum atomic E-state index is -0.217. The number of anilines is 1. The van der Waals surface area contributed by atoms with Gasteiger partial charge in [-0.05, 0) is 47.9 Å². The molecule has 0 fully saturated rings. The number of nitrogens with one attached hydrogen (secondary N) is 1. The van der Waals surface area contributed by atoms with Crippen LogP contribution in [0, 0.1) is 0 Å². The average molecular weight is 439 g/mol. The first kappa shape index (κ1) is 22.1. The van der Waals surface area contributed by atoms with Gasteiger partial charge >= 0.3 is 0 Å². The molecular weight excluding hydrogens is 412 g/mol. The zero-order valence-electron chi connectivity index (χ0n) is 18.5. The van der Waals surface area contributed by atoms with Crippen molar-refractivity contribution < 1.29 is 14.0 Å². The lowest BCUT2D eigenvalue weighted by atomic mass is 10.1. The Morgan fingerprint density at radius 2 is 1.48 bits per heavy atom. The van der Waals surface area contributed by atoms with Crippen molar-refractivity contribution in [3.8, 4) is 0 Å². The number of rotatable bonds is 8. The molecule has 1 aromatic heterocycles. The molecule has 5 heteroatoms.